The van der Waals surface area contributed by atoms with E-state index in [4.69, 9.17) is 0 Å². The molecule has 144 valence electrons. The van der Waals surface area contributed by atoms with Crippen molar-refractivity contribution in [1.29, 1.82) is 0 Å². The van der Waals surface area contributed by atoms with Gasteiger partial charge in [0.25, 0.3) is 0 Å². The van der Waals surface area contributed by atoms with Crippen LogP contribution >= 0.6 is 0 Å². The van der Waals surface area contributed by atoms with Crippen molar-refractivity contribution in [2.24, 2.45) is 5.92 Å². The van der Waals surface area contributed by atoms with Gasteiger partial charge in [-0.3, -0.25) is 14.4 Å². The fourth-order valence-electron chi connectivity index (χ4n) is 3.99. The highest BCUT2D eigenvalue weighted by molar-refractivity contribution is 6.00. The Morgan fingerprint density at radius 1 is 1.04 bits per heavy atom. The summed E-state index contributed by atoms with van der Waals surface area (Å²) >= 11 is 0. The molecule has 1 N–H and O–H groups in total. The number of nitrogens with zero attached hydrogens (tertiary/aromatic N) is 2. The fourth-order valence-corrected chi connectivity index (χ4v) is 3.99. The number of nitrogens with one attached hydrogen (secondary N) is 1. The summed E-state index contributed by atoms with van der Waals surface area (Å²) < 4.78 is 0. The first-order valence-electron chi connectivity index (χ1n) is 9.55. The Morgan fingerprint density at radius 2 is 1.75 bits per heavy atom. The Bertz CT molecular complexity index is 923. The highest BCUT2D eigenvalue weighted by atomic mass is 16.2. The van der Waals surface area contributed by atoms with Crippen LogP contribution in [0, 0.1) is 5.92 Å². The lowest BCUT2D eigenvalue weighted by molar-refractivity contribution is -0.136. The van der Waals surface area contributed by atoms with E-state index in [1.165, 1.54) is 18.1 Å². The number of rotatable bonds is 3. The number of amides is 3. The lowest BCUT2D eigenvalue weighted by Gasteiger charge is -2.30. The maximum absolute atomic E-state index is 13.0. The van der Waals surface area contributed by atoms with Crippen LogP contribution in [0.5, 0.6) is 0 Å². The van der Waals surface area contributed by atoms with Gasteiger partial charge in [0, 0.05) is 44.4 Å². The van der Waals surface area contributed by atoms with Crippen molar-refractivity contribution in [2.45, 2.75) is 26.3 Å². The lowest BCUT2D eigenvalue weighted by Crippen LogP contribution is -2.40. The zero-order chi connectivity index (χ0) is 19.7. The molecule has 2 aliphatic heterocycles. The molecule has 1 fully saturated rings. The van der Waals surface area contributed by atoms with E-state index in [0.29, 0.717) is 25.3 Å². The first kappa shape index (κ1) is 18.2. The maximum Gasteiger partial charge on any atom is 0.228 e. The molecule has 28 heavy (non-hydrogen) atoms. The molecule has 0 aliphatic carbocycles. The third-order valence-corrected chi connectivity index (χ3v) is 5.42. The highest BCUT2D eigenvalue weighted by Gasteiger charge is 2.37. The second-order valence-corrected chi connectivity index (χ2v) is 7.41. The van der Waals surface area contributed by atoms with E-state index in [2.05, 4.69) is 17.4 Å². The second kappa shape index (κ2) is 7.46. The van der Waals surface area contributed by atoms with Gasteiger partial charge in [0.05, 0.1) is 5.92 Å². The first-order chi connectivity index (χ1) is 13.5. The summed E-state index contributed by atoms with van der Waals surface area (Å²) in [6.45, 7) is 3.17. The average Bonchev–Trinajstić information content (AvgIpc) is 3.09. The number of fused-ring (bicyclic) bond motifs is 1. The van der Waals surface area contributed by atoms with Crippen molar-refractivity contribution in [3.8, 4) is 0 Å². The van der Waals surface area contributed by atoms with Crippen LogP contribution in [0.4, 0.5) is 11.4 Å². The van der Waals surface area contributed by atoms with Gasteiger partial charge in [-0.15, -0.1) is 0 Å². The van der Waals surface area contributed by atoms with Crippen LogP contribution in [0.3, 0.4) is 0 Å². The highest BCUT2D eigenvalue weighted by Crippen LogP contribution is 2.29. The van der Waals surface area contributed by atoms with Crippen LogP contribution in [-0.4, -0.2) is 35.7 Å². The summed E-state index contributed by atoms with van der Waals surface area (Å²) in [6.07, 6.45) is 1.10. The zero-order valence-corrected chi connectivity index (χ0v) is 15.9. The Kier molecular flexibility index (Phi) is 4.86. The Morgan fingerprint density at radius 3 is 2.46 bits per heavy atom. The molecule has 2 aromatic rings. The van der Waals surface area contributed by atoms with Crippen LogP contribution in [-0.2, 0) is 27.3 Å². The number of carbonyl (C=O) groups excluding carboxylic acids is 3. The minimum absolute atomic E-state index is 0.0389. The standard InChI is InChI=1S/C22H23N3O3/c1-15(26)23-19-6-8-20(9-7-19)25-14-18(12-21(25)27)22(28)24-11-10-16-4-2-3-5-17(16)13-24/h2-9,18H,10-14H2,1H3,(H,23,26). The van der Waals surface area contributed by atoms with Crippen LogP contribution in [0.15, 0.2) is 48.5 Å². The van der Waals surface area contributed by atoms with Crippen LogP contribution < -0.4 is 10.2 Å². The molecule has 0 spiro atoms. The summed E-state index contributed by atoms with van der Waals surface area (Å²) in [7, 11) is 0. The quantitative estimate of drug-likeness (QED) is 0.894. The number of carbonyl (C=O) groups is 3. The van der Waals surface area contributed by atoms with Crippen molar-refractivity contribution in [3.63, 3.8) is 0 Å². The summed E-state index contributed by atoms with van der Waals surface area (Å²) in [5, 5.41) is 2.71. The van der Waals surface area contributed by atoms with E-state index < -0.39 is 0 Å². The van der Waals surface area contributed by atoms with Gasteiger partial charge >= 0.3 is 0 Å². The van der Waals surface area contributed by atoms with Gasteiger partial charge in [0.2, 0.25) is 17.7 Å². The summed E-state index contributed by atoms with van der Waals surface area (Å²) in [6, 6.07) is 15.3. The van der Waals surface area contributed by atoms with E-state index in [9.17, 15) is 14.4 Å². The molecule has 1 unspecified atom stereocenters. The Hall–Kier alpha value is -3.15. The van der Waals surface area contributed by atoms with Gasteiger partial charge in [-0.25, -0.2) is 0 Å². The molecule has 0 saturated carbocycles. The average molecular weight is 377 g/mol. The number of hydrogen-bond donors (Lipinski definition) is 1. The van der Waals surface area contributed by atoms with Gasteiger partial charge in [-0.1, -0.05) is 24.3 Å². The van der Waals surface area contributed by atoms with E-state index in [1.54, 1.807) is 29.2 Å². The molecule has 3 amide bonds. The van der Waals surface area contributed by atoms with Crippen molar-refractivity contribution in [2.75, 3.05) is 23.3 Å². The molecule has 6 heteroatoms. The van der Waals surface area contributed by atoms with Gasteiger partial charge in [-0.05, 0) is 41.8 Å². The molecule has 0 aromatic heterocycles. The van der Waals surface area contributed by atoms with E-state index >= 15 is 0 Å². The molecule has 0 bridgehead atoms. The second-order valence-electron chi connectivity index (χ2n) is 7.41. The summed E-state index contributed by atoms with van der Waals surface area (Å²) in [5.41, 5.74) is 3.92. The number of hydrogen-bond acceptors (Lipinski definition) is 3. The minimum Gasteiger partial charge on any atom is -0.338 e. The third-order valence-electron chi connectivity index (χ3n) is 5.42. The summed E-state index contributed by atoms with van der Waals surface area (Å²) in [5.74, 6) is -0.435. The minimum atomic E-state index is -0.312. The third kappa shape index (κ3) is 3.63. The molecule has 1 saturated heterocycles. The maximum atomic E-state index is 13.0. The smallest absolute Gasteiger partial charge is 0.228 e. The molecule has 2 aromatic carbocycles. The van der Waals surface area contributed by atoms with Gasteiger partial charge < -0.3 is 15.1 Å². The van der Waals surface area contributed by atoms with Crippen molar-refractivity contribution in [3.05, 3.63) is 59.7 Å². The largest absolute Gasteiger partial charge is 0.338 e. The van der Waals surface area contributed by atoms with E-state index in [0.717, 1.165) is 12.1 Å². The molecule has 0 radical (unpaired) electrons. The normalized spacial score (nSPS) is 18.8. The van der Waals surface area contributed by atoms with E-state index in [-0.39, 0.29) is 30.1 Å². The Balaban J connectivity index is 1.43. The molecule has 4 rings (SSSR count). The topological polar surface area (TPSA) is 69.7 Å². The first-order valence-corrected chi connectivity index (χ1v) is 9.55. The van der Waals surface area contributed by atoms with Crippen molar-refractivity contribution < 1.29 is 14.4 Å². The zero-order valence-electron chi connectivity index (χ0n) is 15.9. The molecule has 1 atom stereocenters. The predicted octanol–water partition coefficient (Wildman–Crippen LogP) is 2.58. The molecular weight excluding hydrogens is 354 g/mol. The van der Waals surface area contributed by atoms with E-state index in [1.807, 2.05) is 17.0 Å². The predicted molar refractivity (Wildman–Crippen MR) is 107 cm³/mol. The van der Waals surface area contributed by atoms with Gasteiger partial charge in [0.15, 0.2) is 0 Å². The molecule has 2 aliphatic rings. The molecule has 6 nitrogen and oxygen atoms in total. The Labute approximate surface area is 164 Å². The van der Waals surface area contributed by atoms with Gasteiger partial charge in [0.1, 0.15) is 0 Å². The molecular formula is C22H23N3O3. The monoisotopic (exact) mass is 377 g/mol. The van der Waals surface area contributed by atoms with Crippen LogP contribution in [0.25, 0.3) is 0 Å². The summed E-state index contributed by atoms with van der Waals surface area (Å²) in [4.78, 5) is 40.2. The fraction of sp³-hybridized carbons (Fsp3) is 0.318. The van der Waals surface area contributed by atoms with Gasteiger partial charge in [-0.2, -0.15) is 0 Å². The number of anilines is 2. The molecule has 2 heterocycles. The van der Waals surface area contributed by atoms with Crippen LogP contribution in [0.1, 0.15) is 24.5 Å². The SMILES string of the molecule is CC(=O)Nc1ccc(N2CC(C(=O)N3CCc4ccccc4C3)CC2=O)cc1. The van der Waals surface area contributed by atoms with Crippen molar-refractivity contribution >= 4 is 29.1 Å². The lowest BCUT2D eigenvalue weighted by atomic mass is 9.98. The number of benzene rings is 2. The van der Waals surface area contributed by atoms with Crippen molar-refractivity contribution in [1.82, 2.24) is 4.90 Å². The van der Waals surface area contributed by atoms with Crippen LogP contribution in [0.2, 0.25) is 0 Å².